The molecule has 1 atom stereocenters. The number of aromatic nitrogens is 2. The number of amides is 1. The maximum atomic E-state index is 12.1. The van der Waals surface area contributed by atoms with Crippen molar-refractivity contribution in [2.75, 3.05) is 11.9 Å². The van der Waals surface area contributed by atoms with E-state index in [4.69, 9.17) is 16.7 Å². The fraction of sp³-hybridized carbons (Fsp3) is 0.353. The molecule has 0 saturated heterocycles. The van der Waals surface area contributed by atoms with E-state index < -0.39 is 12.0 Å². The van der Waals surface area contributed by atoms with Crippen LogP contribution in [0.5, 0.6) is 0 Å². The van der Waals surface area contributed by atoms with Crippen molar-refractivity contribution in [3.63, 3.8) is 0 Å². The van der Waals surface area contributed by atoms with Crippen LogP contribution in [0.2, 0.25) is 5.02 Å². The van der Waals surface area contributed by atoms with Crippen molar-refractivity contribution in [3.8, 4) is 0 Å². The maximum Gasteiger partial charge on any atom is 0.320 e. The summed E-state index contributed by atoms with van der Waals surface area (Å²) in [5, 5.41) is 19.4. The van der Waals surface area contributed by atoms with E-state index in [1.807, 2.05) is 25.1 Å². The monoisotopic (exact) mass is 364 g/mol. The van der Waals surface area contributed by atoms with Gasteiger partial charge < -0.3 is 10.4 Å². The summed E-state index contributed by atoms with van der Waals surface area (Å²) in [5.74, 6) is -0.768. The van der Waals surface area contributed by atoms with Gasteiger partial charge in [-0.3, -0.25) is 14.9 Å². The van der Waals surface area contributed by atoms with E-state index in [0.717, 1.165) is 12.0 Å². The first-order valence-corrected chi connectivity index (χ1v) is 8.40. The van der Waals surface area contributed by atoms with Gasteiger partial charge in [0.25, 0.3) is 0 Å². The first-order valence-electron chi connectivity index (χ1n) is 8.02. The average Bonchev–Trinajstić information content (AvgIpc) is 3.00. The van der Waals surface area contributed by atoms with Crippen LogP contribution in [0.25, 0.3) is 0 Å². The van der Waals surface area contributed by atoms with Gasteiger partial charge in [-0.05, 0) is 18.1 Å². The van der Waals surface area contributed by atoms with E-state index in [9.17, 15) is 9.59 Å². The van der Waals surface area contributed by atoms with Crippen LogP contribution in [0.15, 0.2) is 36.5 Å². The molecule has 2 aromatic rings. The molecule has 0 bridgehead atoms. The number of halogens is 1. The maximum absolute atomic E-state index is 12.1. The SMILES string of the molecule is CCCC(NCC(=O)Nc1ccnn1Cc1ccccc1Cl)C(=O)O. The molecule has 1 amide bonds. The Labute approximate surface area is 151 Å². The lowest BCUT2D eigenvalue weighted by Gasteiger charge is -2.14. The molecular formula is C17H21ClN4O3. The van der Waals surface area contributed by atoms with Crippen molar-refractivity contribution in [1.29, 1.82) is 0 Å². The molecule has 8 heteroatoms. The number of anilines is 1. The number of aliphatic carboxylic acids is 1. The van der Waals surface area contributed by atoms with Crippen molar-refractivity contribution in [2.24, 2.45) is 0 Å². The molecule has 0 aliphatic rings. The van der Waals surface area contributed by atoms with Gasteiger partial charge in [-0.1, -0.05) is 43.1 Å². The zero-order valence-corrected chi connectivity index (χ0v) is 14.7. The van der Waals surface area contributed by atoms with Gasteiger partial charge in [0, 0.05) is 11.1 Å². The minimum atomic E-state index is -0.960. The Morgan fingerprint density at radius 2 is 2.08 bits per heavy atom. The number of hydrogen-bond donors (Lipinski definition) is 3. The highest BCUT2D eigenvalue weighted by Crippen LogP contribution is 2.18. The van der Waals surface area contributed by atoms with Crippen molar-refractivity contribution < 1.29 is 14.7 Å². The van der Waals surface area contributed by atoms with Gasteiger partial charge in [0.05, 0.1) is 19.3 Å². The smallest absolute Gasteiger partial charge is 0.320 e. The van der Waals surface area contributed by atoms with Crippen LogP contribution in [0, 0.1) is 0 Å². The van der Waals surface area contributed by atoms with E-state index in [-0.39, 0.29) is 12.5 Å². The van der Waals surface area contributed by atoms with Gasteiger partial charge in [0.15, 0.2) is 0 Å². The Kier molecular flexibility index (Phi) is 6.97. The molecule has 2 rings (SSSR count). The molecule has 3 N–H and O–H groups in total. The topological polar surface area (TPSA) is 96.3 Å². The largest absolute Gasteiger partial charge is 0.480 e. The summed E-state index contributed by atoms with van der Waals surface area (Å²) in [6, 6.07) is 8.35. The summed E-state index contributed by atoms with van der Waals surface area (Å²) in [7, 11) is 0. The Bertz CT molecular complexity index is 732. The van der Waals surface area contributed by atoms with Gasteiger partial charge in [-0.2, -0.15) is 5.10 Å². The lowest BCUT2D eigenvalue weighted by Crippen LogP contribution is -2.41. The number of hydrogen-bond acceptors (Lipinski definition) is 4. The molecule has 1 heterocycles. The first-order chi connectivity index (χ1) is 12.0. The minimum absolute atomic E-state index is 0.0890. The highest BCUT2D eigenvalue weighted by molar-refractivity contribution is 6.31. The summed E-state index contributed by atoms with van der Waals surface area (Å²) in [6.07, 6.45) is 2.76. The summed E-state index contributed by atoms with van der Waals surface area (Å²) < 4.78 is 1.62. The number of carboxylic acids is 1. The number of nitrogens with one attached hydrogen (secondary N) is 2. The Morgan fingerprint density at radius 3 is 2.76 bits per heavy atom. The van der Waals surface area contributed by atoms with E-state index in [1.165, 1.54) is 0 Å². The van der Waals surface area contributed by atoms with E-state index in [0.29, 0.717) is 23.8 Å². The van der Waals surface area contributed by atoms with E-state index in [1.54, 1.807) is 23.0 Å². The third-order valence-corrected chi connectivity index (χ3v) is 4.02. The second-order valence-corrected chi connectivity index (χ2v) is 5.98. The van der Waals surface area contributed by atoms with Crippen LogP contribution >= 0.6 is 11.6 Å². The lowest BCUT2D eigenvalue weighted by atomic mass is 10.2. The van der Waals surface area contributed by atoms with Gasteiger partial charge >= 0.3 is 5.97 Å². The fourth-order valence-electron chi connectivity index (χ4n) is 2.36. The summed E-state index contributed by atoms with van der Waals surface area (Å²) in [5.41, 5.74) is 0.885. The molecule has 1 aromatic heterocycles. The van der Waals surface area contributed by atoms with Crippen LogP contribution in [0.4, 0.5) is 5.82 Å². The van der Waals surface area contributed by atoms with Gasteiger partial charge in [-0.25, -0.2) is 4.68 Å². The average molecular weight is 365 g/mol. The van der Waals surface area contributed by atoms with Crippen molar-refractivity contribution >= 4 is 29.3 Å². The molecule has 0 spiro atoms. The minimum Gasteiger partial charge on any atom is -0.480 e. The highest BCUT2D eigenvalue weighted by atomic mass is 35.5. The number of rotatable bonds is 9. The number of carbonyl (C=O) groups is 2. The summed E-state index contributed by atoms with van der Waals surface area (Å²) >= 11 is 6.15. The van der Waals surface area contributed by atoms with Crippen LogP contribution in [-0.2, 0) is 16.1 Å². The van der Waals surface area contributed by atoms with E-state index in [2.05, 4.69) is 15.7 Å². The number of carbonyl (C=O) groups excluding carboxylic acids is 1. The number of carboxylic acid groups (broad SMARTS) is 1. The normalized spacial score (nSPS) is 11.9. The molecule has 0 aliphatic carbocycles. The molecule has 0 saturated carbocycles. The Morgan fingerprint density at radius 1 is 1.32 bits per heavy atom. The zero-order valence-electron chi connectivity index (χ0n) is 13.9. The molecule has 0 aliphatic heterocycles. The van der Waals surface area contributed by atoms with Crippen molar-refractivity contribution in [3.05, 3.63) is 47.1 Å². The molecular weight excluding hydrogens is 344 g/mol. The molecule has 0 fully saturated rings. The third kappa shape index (κ3) is 5.58. The van der Waals surface area contributed by atoms with Crippen LogP contribution in [0.3, 0.4) is 0 Å². The quantitative estimate of drug-likeness (QED) is 0.634. The molecule has 134 valence electrons. The Hall–Kier alpha value is -2.38. The van der Waals surface area contributed by atoms with Crippen LogP contribution in [-0.4, -0.2) is 39.4 Å². The number of benzene rings is 1. The van der Waals surface area contributed by atoms with Crippen LogP contribution < -0.4 is 10.6 Å². The molecule has 1 unspecified atom stereocenters. The third-order valence-electron chi connectivity index (χ3n) is 3.65. The zero-order chi connectivity index (χ0) is 18.2. The predicted octanol–water partition coefficient (Wildman–Crippen LogP) is 2.37. The number of nitrogens with zero attached hydrogens (tertiary/aromatic N) is 2. The molecule has 7 nitrogen and oxygen atoms in total. The van der Waals surface area contributed by atoms with Gasteiger partial charge in [-0.15, -0.1) is 0 Å². The second kappa shape index (κ2) is 9.19. The fourth-order valence-corrected chi connectivity index (χ4v) is 2.55. The second-order valence-electron chi connectivity index (χ2n) is 5.57. The molecule has 1 aromatic carbocycles. The summed E-state index contributed by atoms with van der Waals surface area (Å²) in [4.78, 5) is 23.2. The van der Waals surface area contributed by atoms with Crippen molar-refractivity contribution in [2.45, 2.75) is 32.4 Å². The predicted molar refractivity (Wildman–Crippen MR) is 95.7 cm³/mol. The lowest BCUT2D eigenvalue weighted by molar-refractivity contribution is -0.139. The molecule has 0 radical (unpaired) electrons. The standard InChI is InChI=1S/C17H21ClN4O3/c1-2-5-14(17(24)25)19-10-16(23)21-15-8-9-20-22(15)11-12-6-3-4-7-13(12)18/h3-4,6-9,14,19H,2,5,10-11H2,1H3,(H,21,23)(H,24,25). The van der Waals surface area contributed by atoms with Gasteiger partial charge in [0.2, 0.25) is 5.91 Å². The van der Waals surface area contributed by atoms with E-state index >= 15 is 0 Å². The summed E-state index contributed by atoms with van der Waals surface area (Å²) in [6.45, 7) is 2.22. The van der Waals surface area contributed by atoms with Crippen molar-refractivity contribution in [1.82, 2.24) is 15.1 Å². The van der Waals surface area contributed by atoms with Gasteiger partial charge in [0.1, 0.15) is 11.9 Å². The van der Waals surface area contributed by atoms with Crippen LogP contribution in [0.1, 0.15) is 25.3 Å². The first kappa shape index (κ1) is 19.0. The molecule has 25 heavy (non-hydrogen) atoms. The Balaban J connectivity index is 1.95. The highest BCUT2D eigenvalue weighted by Gasteiger charge is 2.17.